The first-order chi connectivity index (χ1) is 16.9. The highest BCUT2D eigenvalue weighted by Gasteiger charge is 2.22. The number of fused-ring (bicyclic) bond motifs is 1. The molecule has 1 fully saturated rings. The maximum Gasteiger partial charge on any atom is 0.275 e. The monoisotopic (exact) mass is 494 g/mol. The van der Waals surface area contributed by atoms with Gasteiger partial charge in [0.05, 0.1) is 24.0 Å². The highest BCUT2D eigenvalue weighted by molar-refractivity contribution is 6.31. The molecule has 2 aromatic carbocycles. The number of piperazine rings is 1. The maximum absolute atomic E-state index is 14.9. The molecule has 0 unspecified atom stereocenters. The second-order valence-corrected chi connectivity index (χ2v) is 8.79. The zero-order valence-electron chi connectivity index (χ0n) is 19.3. The van der Waals surface area contributed by atoms with Gasteiger partial charge in [-0.05, 0) is 37.4 Å². The number of hydrogen-bond donors (Lipinski definition) is 1. The number of aromatic nitrogens is 3. The molecular formula is C25H24ClFN6O2. The van der Waals surface area contributed by atoms with Crippen LogP contribution in [0.5, 0.6) is 5.75 Å². The predicted octanol–water partition coefficient (Wildman–Crippen LogP) is 4.20. The van der Waals surface area contributed by atoms with E-state index in [0.717, 1.165) is 31.9 Å². The number of ether oxygens (including phenoxy) is 1. The van der Waals surface area contributed by atoms with Gasteiger partial charge in [-0.15, -0.1) is 0 Å². The van der Waals surface area contributed by atoms with Crippen molar-refractivity contribution in [1.29, 1.82) is 0 Å². The SMILES string of the molecule is COc1cccc(F)c1-c1nc(C(=O)Nc2cc(Cl)ccc2N2CCN(C)CC2)cn2ccnc12. The summed E-state index contributed by atoms with van der Waals surface area (Å²) in [4.78, 5) is 26.7. The second kappa shape index (κ2) is 9.52. The third-order valence-corrected chi connectivity index (χ3v) is 6.32. The van der Waals surface area contributed by atoms with E-state index >= 15 is 0 Å². The van der Waals surface area contributed by atoms with Crippen molar-refractivity contribution >= 4 is 34.5 Å². The third kappa shape index (κ3) is 4.52. The van der Waals surface area contributed by atoms with E-state index in [1.165, 1.54) is 13.2 Å². The number of methoxy groups -OCH3 is 1. The number of nitrogens with zero attached hydrogens (tertiary/aromatic N) is 5. The summed E-state index contributed by atoms with van der Waals surface area (Å²) in [6.07, 6.45) is 4.81. The van der Waals surface area contributed by atoms with Crippen molar-refractivity contribution in [3.63, 3.8) is 0 Å². The minimum Gasteiger partial charge on any atom is -0.496 e. The average molecular weight is 495 g/mol. The van der Waals surface area contributed by atoms with Gasteiger partial charge in [-0.2, -0.15) is 0 Å². The van der Waals surface area contributed by atoms with E-state index < -0.39 is 11.7 Å². The summed E-state index contributed by atoms with van der Waals surface area (Å²) < 4.78 is 21.9. The number of carbonyl (C=O) groups excluding carboxylic acids is 1. The van der Waals surface area contributed by atoms with E-state index in [-0.39, 0.29) is 17.0 Å². The van der Waals surface area contributed by atoms with E-state index in [9.17, 15) is 9.18 Å². The topological polar surface area (TPSA) is 75.0 Å². The smallest absolute Gasteiger partial charge is 0.275 e. The molecule has 0 aliphatic carbocycles. The van der Waals surface area contributed by atoms with Gasteiger partial charge < -0.3 is 24.3 Å². The molecule has 1 amide bonds. The van der Waals surface area contributed by atoms with Crippen molar-refractivity contribution < 1.29 is 13.9 Å². The molecule has 0 bridgehead atoms. The lowest BCUT2D eigenvalue weighted by molar-refractivity contribution is 0.102. The highest BCUT2D eigenvalue weighted by atomic mass is 35.5. The van der Waals surface area contributed by atoms with Crippen LogP contribution < -0.4 is 15.0 Å². The van der Waals surface area contributed by atoms with Crippen LogP contribution in [0.3, 0.4) is 0 Å². The molecule has 0 spiro atoms. The standard InChI is InChI=1S/C25H24ClFN6O2/c1-31-10-12-32(13-11-31)20-7-6-16(26)14-18(20)30-25(34)19-15-33-9-8-28-24(33)23(29-19)22-17(27)4-3-5-21(22)35-2/h3-9,14-15H,10-13H2,1-2H3,(H,30,34). The van der Waals surface area contributed by atoms with Crippen LogP contribution in [0.4, 0.5) is 15.8 Å². The number of nitrogens with one attached hydrogen (secondary N) is 1. The molecule has 0 saturated carbocycles. The van der Waals surface area contributed by atoms with E-state index in [4.69, 9.17) is 16.3 Å². The predicted molar refractivity (Wildman–Crippen MR) is 134 cm³/mol. The van der Waals surface area contributed by atoms with Gasteiger partial charge in [0.15, 0.2) is 5.65 Å². The fraction of sp³-hybridized carbons (Fsp3) is 0.240. The molecule has 10 heteroatoms. The molecule has 2 aromatic heterocycles. The van der Waals surface area contributed by atoms with Crippen molar-refractivity contribution in [3.05, 3.63) is 71.5 Å². The maximum atomic E-state index is 14.9. The Morgan fingerprint density at radius 2 is 1.97 bits per heavy atom. The van der Waals surface area contributed by atoms with Crippen LogP contribution in [0, 0.1) is 5.82 Å². The van der Waals surface area contributed by atoms with Crippen LogP contribution >= 0.6 is 11.6 Å². The number of rotatable bonds is 5. The van der Waals surface area contributed by atoms with Gasteiger partial charge in [0, 0.05) is 49.8 Å². The van der Waals surface area contributed by atoms with E-state index in [0.29, 0.717) is 22.1 Å². The molecule has 35 heavy (non-hydrogen) atoms. The largest absolute Gasteiger partial charge is 0.496 e. The van der Waals surface area contributed by atoms with E-state index in [2.05, 4.69) is 32.1 Å². The first-order valence-electron chi connectivity index (χ1n) is 11.2. The number of anilines is 2. The fourth-order valence-electron chi connectivity index (χ4n) is 4.23. The minimum absolute atomic E-state index is 0.0973. The Bertz CT molecular complexity index is 1400. The van der Waals surface area contributed by atoms with Crippen LogP contribution in [0.15, 0.2) is 55.0 Å². The van der Waals surface area contributed by atoms with Gasteiger partial charge >= 0.3 is 0 Å². The van der Waals surface area contributed by atoms with Crippen molar-refractivity contribution in [2.75, 3.05) is 50.6 Å². The Kier molecular flexibility index (Phi) is 6.27. The fourth-order valence-corrected chi connectivity index (χ4v) is 4.40. The Hall–Kier alpha value is -3.69. The number of imidazole rings is 1. The van der Waals surface area contributed by atoms with Gasteiger partial charge in [0.1, 0.15) is 23.0 Å². The van der Waals surface area contributed by atoms with Crippen molar-refractivity contribution in [2.45, 2.75) is 0 Å². The molecule has 1 saturated heterocycles. The molecule has 4 aromatic rings. The lowest BCUT2D eigenvalue weighted by Crippen LogP contribution is -2.44. The van der Waals surface area contributed by atoms with Gasteiger partial charge in [-0.1, -0.05) is 17.7 Å². The number of carbonyl (C=O) groups is 1. The van der Waals surface area contributed by atoms with Crippen molar-refractivity contribution in [1.82, 2.24) is 19.3 Å². The summed E-state index contributed by atoms with van der Waals surface area (Å²) >= 11 is 6.27. The van der Waals surface area contributed by atoms with Gasteiger partial charge in [-0.3, -0.25) is 4.79 Å². The Balaban J connectivity index is 1.54. The molecule has 0 atom stereocenters. The highest BCUT2D eigenvalue weighted by Crippen LogP contribution is 2.34. The Morgan fingerprint density at radius 1 is 1.17 bits per heavy atom. The summed E-state index contributed by atoms with van der Waals surface area (Å²) in [5.41, 5.74) is 2.33. The molecule has 3 heterocycles. The summed E-state index contributed by atoms with van der Waals surface area (Å²) in [7, 11) is 3.54. The van der Waals surface area contributed by atoms with E-state index in [1.807, 2.05) is 12.1 Å². The van der Waals surface area contributed by atoms with Crippen molar-refractivity contribution in [2.24, 2.45) is 0 Å². The summed E-state index contributed by atoms with van der Waals surface area (Å²) in [5.74, 6) is -0.673. The lowest BCUT2D eigenvalue weighted by atomic mass is 10.1. The first-order valence-corrected chi connectivity index (χ1v) is 11.5. The minimum atomic E-state index is -0.522. The normalized spacial score (nSPS) is 14.3. The van der Waals surface area contributed by atoms with Gasteiger partial charge in [-0.25, -0.2) is 14.4 Å². The van der Waals surface area contributed by atoms with E-state index in [1.54, 1.807) is 41.2 Å². The number of hydrogen-bond acceptors (Lipinski definition) is 6. The number of benzene rings is 2. The summed E-state index contributed by atoms with van der Waals surface area (Å²) in [5, 5.41) is 3.46. The molecule has 0 radical (unpaired) electrons. The molecule has 1 aliphatic rings. The zero-order chi connectivity index (χ0) is 24.5. The lowest BCUT2D eigenvalue weighted by Gasteiger charge is -2.35. The summed E-state index contributed by atoms with van der Waals surface area (Å²) in [6.45, 7) is 3.50. The molecule has 5 rings (SSSR count). The first kappa shape index (κ1) is 23.1. The number of halogens is 2. The number of amides is 1. The third-order valence-electron chi connectivity index (χ3n) is 6.09. The molecule has 8 nitrogen and oxygen atoms in total. The van der Waals surface area contributed by atoms with Crippen LogP contribution in [0.1, 0.15) is 10.5 Å². The molecular weight excluding hydrogens is 471 g/mol. The van der Waals surface area contributed by atoms with Gasteiger partial charge in [0.25, 0.3) is 5.91 Å². The quantitative estimate of drug-likeness (QED) is 0.448. The van der Waals surface area contributed by atoms with Crippen LogP contribution in [0.25, 0.3) is 16.9 Å². The molecule has 1 N–H and O–H groups in total. The zero-order valence-corrected chi connectivity index (χ0v) is 20.1. The Morgan fingerprint density at radius 3 is 2.74 bits per heavy atom. The van der Waals surface area contributed by atoms with Crippen LogP contribution in [-0.4, -0.2) is 65.5 Å². The van der Waals surface area contributed by atoms with Crippen LogP contribution in [0.2, 0.25) is 5.02 Å². The number of likely N-dealkylation sites (N-methyl/N-ethyl adjacent to an activating group) is 1. The van der Waals surface area contributed by atoms with Crippen molar-refractivity contribution in [3.8, 4) is 17.0 Å². The van der Waals surface area contributed by atoms with Crippen LogP contribution in [-0.2, 0) is 0 Å². The molecule has 1 aliphatic heterocycles. The molecule has 180 valence electrons. The average Bonchev–Trinajstić information content (AvgIpc) is 3.33. The second-order valence-electron chi connectivity index (χ2n) is 8.36. The van der Waals surface area contributed by atoms with Gasteiger partial charge in [0.2, 0.25) is 0 Å². The summed E-state index contributed by atoms with van der Waals surface area (Å²) in [6, 6.07) is 9.95. The Labute approximate surface area is 206 Å².